The first-order valence-electron chi connectivity index (χ1n) is 11.4. The lowest BCUT2D eigenvalue weighted by Crippen LogP contribution is -2.31. The summed E-state index contributed by atoms with van der Waals surface area (Å²) in [6.45, 7) is 2.44. The van der Waals surface area contributed by atoms with Gasteiger partial charge in [0.05, 0.1) is 12.9 Å². The van der Waals surface area contributed by atoms with Crippen molar-refractivity contribution in [3.8, 4) is 0 Å². The average molecular weight is 493 g/mol. The van der Waals surface area contributed by atoms with E-state index in [1.807, 2.05) is 49.4 Å². The molecule has 8 heteroatoms. The molecule has 0 radical (unpaired) electrons. The van der Waals surface area contributed by atoms with Crippen LogP contribution in [0.25, 0.3) is 0 Å². The Morgan fingerprint density at radius 1 is 1.00 bits per heavy atom. The zero-order chi connectivity index (χ0) is 25.0. The van der Waals surface area contributed by atoms with Crippen molar-refractivity contribution in [2.75, 3.05) is 29.6 Å². The Bertz CT molecular complexity index is 1340. The molecule has 0 spiro atoms. The minimum Gasteiger partial charge on any atom is -0.322 e. The lowest BCUT2D eigenvalue weighted by molar-refractivity contribution is 0.0985. The molecule has 0 saturated carbocycles. The van der Waals surface area contributed by atoms with Crippen molar-refractivity contribution < 1.29 is 22.2 Å². The second-order valence-corrected chi connectivity index (χ2v) is 10.3. The molecule has 3 aromatic rings. The van der Waals surface area contributed by atoms with E-state index in [2.05, 4.69) is 5.32 Å². The number of anilines is 2. The number of para-hydroxylation sites is 1. The first-order valence-corrected chi connectivity index (χ1v) is 13.3. The summed E-state index contributed by atoms with van der Waals surface area (Å²) in [6.07, 6.45) is 2.46. The van der Waals surface area contributed by atoms with Crippen LogP contribution in [0.5, 0.6) is 0 Å². The quantitative estimate of drug-likeness (QED) is 0.502. The molecule has 7 nitrogen and oxygen atoms in total. The zero-order valence-electron chi connectivity index (χ0n) is 19.7. The molecule has 4 rings (SSSR count). The van der Waals surface area contributed by atoms with E-state index < -0.39 is 10.1 Å². The van der Waals surface area contributed by atoms with Gasteiger partial charge in [-0.3, -0.25) is 13.8 Å². The number of nitrogens with zero attached hydrogens (tertiary/aromatic N) is 1. The molecule has 2 amide bonds. The molecular weight excluding hydrogens is 464 g/mol. The number of carbonyl (C=O) groups is 2. The SMILES string of the molecule is Cc1ccccc1C(=O)Nc1ccc(C(=O)N2CCCC(COS(C)(=O)=O)c3ccccc32)cc1. The normalized spacial score (nSPS) is 15.7. The summed E-state index contributed by atoms with van der Waals surface area (Å²) in [7, 11) is -3.55. The monoisotopic (exact) mass is 492 g/mol. The first kappa shape index (κ1) is 24.6. The highest BCUT2D eigenvalue weighted by molar-refractivity contribution is 7.85. The fraction of sp³-hybridized carbons (Fsp3) is 0.259. The summed E-state index contributed by atoms with van der Waals surface area (Å²) in [6, 6.07) is 21.7. The molecule has 0 aromatic heterocycles. The summed E-state index contributed by atoms with van der Waals surface area (Å²) < 4.78 is 28.1. The molecule has 1 N–H and O–H groups in total. The van der Waals surface area contributed by atoms with Crippen molar-refractivity contribution in [2.45, 2.75) is 25.7 Å². The third-order valence-electron chi connectivity index (χ3n) is 6.11. The van der Waals surface area contributed by atoms with Gasteiger partial charge in [-0.05, 0) is 67.3 Å². The lowest BCUT2D eigenvalue weighted by Gasteiger charge is -2.24. The maximum Gasteiger partial charge on any atom is 0.264 e. The van der Waals surface area contributed by atoms with Gasteiger partial charge in [-0.15, -0.1) is 0 Å². The third-order valence-corrected chi connectivity index (χ3v) is 6.67. The van der Waals surface area contributed by atoms with Crippen LogP contribution in [0.2, 0.25) is 0 Å². The van der Waals surface area contributed by atoms with Gasteiger partial charge >= 0.3 is 0 Å². The molecule has 1 aliphatic heterocycles. The standard InChI is InChI=1S/C27H28N2O5S/c1-19-8-3-4-10-23(19)26(30)28-22-15-13-20(14-16-22)27(31)29-17-7-9-21(18-34-35(2,32)33)24-11-5-6-12-25(24)29/h3-6,8,10-16,21H,7,9,17-18H2,1-2H3,(H,28,30). The van der Waals surface area contributed by atoms with Gasteiger partial charge < -0.3 is 10.2 Å². The first-order chi connectivity index (χ1) is 16.7. The van der Waals surface area contributed by atoms with Crippen LogP contribution in [0.4, 0.5) is 11.4 Å². The zero-order valence-corrected chi connectivity index (χ0v) is 20.5. The van der Waals surface area contributed by atoms with Crippen LogP contribution in [0.1, 0.15) is 50.6 Å². The Morgan fingerprint density at radius 3 is 2.40 bits per heavy atom. The molecule has 1 unspecified atom stereocenters. The maximum atomic E-state index is 13.5. The van der Waals surface area contributed by atoms with Crippen LogP contribution in [0.15, 0.2) is 72.8 Å². The smallest absolute Gasteiger partial charge is 0.264 e. The molecule has 35 heavy (non-hydrogen) atoms. The maximum absolute atomic E-state index is 13.5. The topological polar surface area (TPSA) is 92.8 Å². The number of hydrogen-bond donors (Lipinski definition) is 1. The largest absolute Gasteiger partial charge is 0.322 e. The van der Waals surface area contributed by atoms with Gasteiger partial charge in [-0.25, -0.2) is 0 Å². The molecule has 0 bridgehead atoms. The summed E-state index contributed by atoms with van der Waals surface area (Å²) >= 11 is 0. The van der Waals surface area contributed by atoms with E-state index >= 15 is 0 Å². The van der Waals surface area contributed by atoms with E-state index in [1.54, 1.807) is 35.2 Å². The number of rotatable bonds is 6. The Balaban J connectivity index is 1.52. The Morgan fingerprint density at radius 2 is 1.69 bits per heavy atom. The number of nitrogens with one attached hydrogen (secondary N) is 1. The molecule has 182 valence electrons. The molecule has 0 aliphatic carbocycles. The molecule has 1 atom stereocenters. The second kappa shape index (κ2) is 10.4. The number of fused-ring (bicyclic) bond motifs is 1. The van der Waals surface area contributed by atoms with E-state index in [9.17, 15) is 18.0 Å². The van der Waals surface area contributed by atoms with Gasteiger partial charge in [0.2, 0.25) is 0 Å². The van der Waals surface area contributed by atoms with Gasteiger partial charge in [0.1, 0.15) is 0 Å². The average Bonchev–Trinajstić information content (AvgIpc) is 3.02. The second-order valence-electron chi connectivity index (χ2n) is 8.69. The number of hydrogen-bond acceptors (Lipinski definition) is 5. The van der Waals surface area contributed by atoms with Crippen LogP contribution in [-0.4, -0.2) is 39.6 Å². The summed E-state index contributed by atoms with van der Waals surface area (Å²) in [4.78, 5) is 27.8. The number of amides is 2. The van der Waals surface area contributed by atoms with Crippen molar-refractivity contribution in [2.24, 2.45) is 0 Å². The van der Waals surface area contributed by atoms with Crippen molar-refractivity contribution >= 4 is 33.3 Å². The highest BCUT2D eigenvalue weighted by atomic mass is 32.2. The van der Waals surface area contributed by atoms with Crippen LogP contribution in [0.3, 0.4) is 0 Å². The van der Waals surface area contributed by atoms with Crippen LogP contribution < -0.4 is 10.2 Å². The molecular formula is C27H28N2O5S. The summed E-state index contributed by atoms with van der Waals surface area (Å²) in [5, 5.41) is 2.88. The van der Waals surface area contributed by atoms with Gasteiger partial charge in [0, 0.05) is 35.0 Å². The number of carbonyl (C=O) groups excluding carboxylic acids is 2. The van der Waals surface area contributed by atoms with E-state index in [1.165, 1.54) is 0 Å². The molecule has 0 saturated heterocycles. The van der Waals surface area contributed by atoms with Crippen LogP contribution >= 0.6 is 0 Å². The minimum atomic E-state index is -3.55. The van der Waals surface area contributed by atoms with Gasteiger partial charge in [-0.2, -0.15) is 8.42 Å². The Hall–Kier alpha value is -3.49. The molecule has 3 aromatic carbocycles. The fourth-order valence-electron chi connectivity index (χ4n) is 4.32. The van der Waals surface area contributed by atoms with E-state index in [0.29, 0.717) is 36.2 Å². The van der Waals surface area contributed by atoms with Gasteiger partial charge in [-0.1, -0.05) is 36.4 Å². The highest BCUT2D eigenvalue weighted by Gasteiger charge is 2.28. The molecule has 1 heterocycles. The van der Waals surface area contributed by atoms with Gasteiger partial charge in [0.25, 0.3) is 21.9 Å². The van der Waals surface area contributed by atoms with Crippen molar-refractivity contribution in [3.05, 3.63) is 95.1 Å². The van der Waals surface area contributed by atoms with Crippen molar-refractivity contribution in [3.63, 3.8) is 0 Å². The Labute approximate surface area is 205 Å². The van der Waals surface area contributed by atoms with E-state index in [-0.39, 0.29) is 24.3 Å². The number of aryl methyl sites for hydroxylation is 1. The summed E-state index contributed by atoms with van der Waals surface area (Å²) in [5.41, 5.74) is 4.24. The van der Waals surface area contributed by atoms with E-state index in [4.69, 9.17) is 4.18 Å². The third kappa shape index (κ3) is 5.96. The highest BCUT2D eigenvalue weighted by Crippen LogP contribution is 2.35. The van der Waals surface area contributed by atoms with Crippen LogP contribution in [0, 0.1) is 6.92 Å². The van der Waals surface area contributed by atoms with Crippen LogP contribution in [-0.2, 0) is 14.3 Å². The Kier molecular flexibility index (Phi) is 7.33. The van der Waals surface area contributed by atoms with E-state index in [0.717, 1.165) is 23.1 Å². The molecule has 0 fully saturated rings. The lowest BCUT2D eigenvalue weighted by atomic mass is 9.95. The predicted molar refractivity (Wildman–Crippen MR) is 136 cm³/mol. The minimum absolute atomic E-state index is 0.0488. The molecule has 1 aliphatic rings. The van der Waals surface area contributed by atoms with Crippen molar-refractivity contribution in [1.29, 1.82) is 0 Å². The fourth-order valence-corrected chi connectivity index (χ4v) is 4.73. The summed E-state index contributed by atoms with van der Waals surface area (Å²) in [5.74, 6) is -0.484. The van der Waals surface area contributed by atoms with Gasteiger partial charge in [0.15, 0.2) is 0 Å². The predicted octanol–water partition coefficient (Wildman–Crippen LogP) is 4.75. The number of benzene rings is 3. The van der Waals surface area contributed by atoms with Crippen molar-refractivity contribution in [1.82, 2.24) is 0 Å².